The summed E-state index contributed by atoms with van der Waals surface area (Å²) in [7, 11) is 0. The van der Waals surface area contributed by atoms with Crippen LogP contribution in [0.2, 0.25) is 0 Å². The van der Waals surface area contributed by atoms with Gasteiger partial charge in [-0.1, -0.05) is 6.07 Å². The summed E-state index contributed by atoms with van der Waals surface area (Å²) in [6.45, 7) is 4.72. The van der Waals surface area contributed by atoms with Crippen molar-refractivity contribution in [3.05, 3.63) is 72.7 Å². The number of rotatable bonds is 8. The van der Waals surface area contributed by atoms with E-state index >= 15 is 0 Å². The molecule has 1 saturated heterocycles. The van der Waals surface area contributed by atoms with Crippen LogP contribution in [0.4, 0.5) is 11.6 Å². The second-order valence-electron chi connectivity index (χ2n) is 9.42. The lowest BCUT2D eigenvalue weighted by Crippen LogP contribution is -2.49. The number of carbonyl (C=O) groups excluding carboxylic acids is 1. The first-order chi connectivity index (χ1) is 18.3. The molecule has 1 aromatic carbocycles. The van der Waals surface area contributed by atoms with Crippen LogP contribution in [0, 0.1) is 0 Å². The van der Waals surface area contributed by atoms with Gasteiger partial charge in [0.1, 0.15) is 6.23 Å². The summed E-state index contributed by atoms with van der Waals surface area (Å²) in [6.07, 6.45) is 4.78. The van der Waals surface area contributed by atoms with Gasteiger partial charge in [-0.2, -0.15) is 0 Å². The Hall–Kier alpha value is -3.74. The zero-order chi connectivity index (χ0) is 26.7. The lowest BCUT2D eigenvalue weighted by Gasteiger charge is -2.33. The number of hydrogen-bond acceptors (Lipinski definition) is 10. The van der Waals surface area contributed by atoms with Crippen molar-refractivity contribution in [2.45, 2.75) is 32.0 Å². The van der Waals surface area contributed by atoms with E-state index in [4.69, 9.17) is 0 Å². The summed E-state index contributed by atoms with van der Waals surface area (Å²) < 4.78 is 1.08. The van der Waals surface area contributed by atoms with Crippen molar-refractivity contribution in [3.63, 3.8) is 0 Å². The maximum Gasteiger partial charge on any atom is 0.248 e. The molecule has 1 aliphatic heterocycles. The van der Waals surface area contributed by atoms with Gasteiger partial charge in [-0.15, -0.1) is 11.3 Å². The molecule has 0 aliphatic carbocycles. The SMILES string of the molecule is CC1(C)C(O)NC(O)N1CCNc1nccc(-c2cc3cc(NC(=O)/C=C/c4ccccn4)ccc3s2)n1. The summed E-state index contributed by atoms with van der Waals surface area (Å²) in [4.78, 5) is 28.3. The molecule has 1 aliphatic rings. The zero-order valence-corrected chi connectivity index (χ0v) is 21.8. The molecule has 11 heteroatoms. The van der Waals surface area contributed by atoms with Gasteiger partial charge in [-0.05, 0) is 67.8 Å². The third-order valence-corrected chi connectivity index (χ3v) is 7.57. The van der Waals surface area contributed by atoms with E-state index in [-0.39, 0.29) is 5.91 Å². The minimum atomic E-state index is -0.917. The summed E-state index contributed by atoms with van der Waals surface area (Å²) in [5, 5.41) is 30.1. The Bertz CT molecular complexity index is 1460. The topological polar surface area (TPSA) is 136 Å². The smallest absolute Gasteiger partial charge is 0.248 e. The number of pyridine rings is 1. The van der Waals surface area contributed by atoms with Crippen LogP contribution in [0.3, 0.4) is 0 Å². The van der Waals surface area contributed by atoms with E-state index in [2.05, 4.69) is 30.9 Å². The normalized spacial score (nSPS) is 19.3. The van der Waals surface area contributed by atoms with Gasteiger partial charge in [0.25, 0.3) is 0 Å². The monoisotopic (exact) mass is 531 g/mol. The van der Waals surface area contributed by atoms with Crippen molar-refractivity contribution in [2.24, 2.45) is 0 Å². The van der Waals surface area contributed by atoms with Gasteiger partial charge in [0, 0.05) is 41.9 Å². The molecular formula is C27H29N7O3S. The van der Waals surface area contributed by atoms with E-state index in [1.165, 1.54) is 6.08 Å². The van der Waals surface area contributed by atoms with Gasteiger partial charge in [0.15, 0.2) is 6.35 Å². The highest BCUT2D eigenvalue weighted by atomic mass is 32.1. The molecule has 0 bridgehead atoms. The van der Waals surface area contributed by atoms with Gasteiger partial charge in [-0.25, -0.2) is 9.97 Å². The highest BCUT2D eigenvalue weighted by Crippen LogP contribution is 2.34. The van der Waals surface area contributed by atoms with Crippen LogP contribution in [0.15, 0.2) is 67.0 Å². The van der Waals surface area contributed by atoms with E-state index in [0.717, 1.165) is 20.7 Å². The molecule has 2 atom stereocenters. The molecular weight excluding hydrogens is 502 g/mol. The Labute approximate surface area is 224 Å². The predicted molar refractivity (Wildman–Crippen MR) is 149 cm³/mol. The average molecular weight is 532 g/mol. The minimum Gasteiger partial charge on any atom is -0.377 e. The molecule has 10 nitrogen and oxygen atoms in total. The first-order valence-electron chi connectivity index (χ1n) is 12.2. The van der Waals surface area contributed by atoms with Crippen LogP contribution in [0.5, 0.6) is 0 Å². The number of anilines is 2. The van der Waals surface area contributed by atoms with Crippen LogP contribution in [0.25, 0.3) is 26.7 Å². The Morgan fingerprint density at radius 3 is 2.79 bits per heavy atom. The molecule has 0 saturated carbocycles. The van der Waals surface area contributed by atoms with Crippen molar-refractivity contribution in [2.75, 3.05) is 23.7 Å². The maximum atomic E-state index is 12.3. The second-order valence-corrected chi connectivity index (χ2v) is 10.5. The number of fused-ring (bicyclic) bond motifs is 1. The lowest BCUT2D eigenvalue weighted by molar-refractivity contribution is -0.111. The second kappa shape index (κ2) is 10.9. The zero-order valence-electron chi connectivity index (χ0n) is 21.0. The number of nitrogens with zero attached hydrogens (tertiary/aromatic N) is 4. The van der Waals surface area contributed by atoms with E-state index < -0.39 is 18.1 Å². The highest BCUT2D eigenvalue weighted by Gasteiger charge is 2.45. The van der Waals surface area contributed by atoms with Crippen LogP contribution in [0.1, 0.15) is 19.5 Å². The molecule has 3 aromatic heterocycles. The summed E-state index contributed by atoms with van der Waals surface area (Å²) in [6, 6.07) is 15.2. The van der Waals surface area contributed by atoms with Gasteiger partial charge in [0.2, 0.25) is 11.9 Å². The lowest BCUT2D eigenvalue weighted by atomic mass is 10.0. The molecule has 0 spiro atoms. The van der Waals surface area contributed by atoms with E-state index in [0.29, 0.717) is 30.4 Å². The number of carbonyl (C=O) groups is 1. The number of nitrogens with one attached hydrogen (secondary N) is 3. The maximum absolute atomic E-state index is 12.3. The molecule has 5 rings (SSSR count). The first kappa shape index (κ1) is 25.9. The Morgan fingerprint density at radius 1 is 1.16 bits per heavy atom. The van der Waals surface area contributed by atoms with Crippen LogP contribution in [-0.2, 0) is 4.79 Å². The largest absolute Gasteiger partial charge is 0.377 e. The standard InChI is InChI=1S/C27H29N7O3S/c1-27(2)24(36)33-26(37)34(27)14-13-30-25-29-12-10-20(32-25)22-16-17-15-19(6-8-21(17)38-22)31-23(35)9-7-18-5-3-4-11-28-18/h3-12,15-16,24,26,33,36-37H,13-14H2,1-2H3,(H,31,35)(H,29,30,32)/b9-7+. The van der Waals surface area contributed by atoms with Gasteiger partial charge >= 0.3 is 0 Å². The van der Waals surface area contributed by atoms with E-state index in [1.807, 2.05) is 62.4 Å². The van der Waals surface area contributed by atoms with Crippen molar-refractivity contribution in [1.82, 2.24) is 25.2 Å². The van der Waals surface area contributed by atoms with Crippen LogP contribution < -0.4 is 16.0 Å². The highest BCUT2D eigenvalue weighted by molar-refractivity contribution is 7.22. The van der Waals surface area contributed by atoms with Crippen molar-refractivity contribution in [1.29, 1.82) is 0 Å². The van der Waals surface area contributed by atoms with Gasteiger partial charge in [0.05, 0.1) is 21.8 Å². The summed E-state index contributed by atoms with van der Waals surface area (Å²) in [5.41, 5.74) is 1.60. The van der Waals surface area contributed by atoms with Crippen LogP contribution >= 0.6 is 11.3 Å². The molecule has 196 valence electrons. The quantitative estimate of drug-likeness (QED) is 0.217. The number of amides is 1. The number of aromatic nitrogens is 3. The fraction of sp³-hybridized carbons (Fsp3) is 0.259. The average Bonchev–Trinajstić information content (AvgIpc) is 3.41. The molecule has 4 heterocycles. The Morgan fingerprint density at radius 2 is 2.03 bits per heavy atom. The predicted octanol–water partition coefficient (Wildman–Crippen LogP) is 3.10. The molecule has 1 fully saturated rings. The molecule has 2 unspecified atom stereocenters. The first-order valence-corrected chi connectivity index (χ1v) is 13.0. The molecule has 1 amide bonds. The molecule has 5 N–H and O–H groups in total. The summed E-state index contributed by atoms with van der Waals surface area (Å²) in [5.74, 6) is 0.250. The Balaban J connectivity index is 1.23. The summed E-state index contributed by atoms with van der Waals surface area (Å²) >= 11 is 1.61. The molecule has 38 heavy (non-hydrogen) atoms. The third kappa shape index (κ3) is 5.72. The number of aliphatic hydroxyl groups is 2. The number of thiophene rings is 1. The Kier molecular flexibility index (Phi) is 7.45. The number of aliphatic hydroxyl groups excluding tert-OH is 2. The third-order valence-electron chi connectivity index (χ3n) is 6.43. The molecule has 4 aromatic rings. The van der Waals surface area contributed by atoms with Crippen molar-refractivity contribution in [3.8, 4) is 10.6 Å². The number of benzene rings is 1. The van der Waals surface area contributed by atoms with Gasteiger partial charge < -0.3 is 20.8 Å². The van der Waals surface area contributed by atoms with E-state index in [1.54, 1.807) is 34.7 Å². The minimum absolute atomic E-state index is 0.230. The van der Waals surface area contributed by atoms with Crippen molar-refractivity contribution < 1.29 is 15.0 Å². The van der Waals surface area contributed by atoms with Crippen molar-refractivity contribution >= 4 is 45.0 Å². The fourth-order valence-corrected chi connectivity index (χ4v) is 5.27. The fourth-order valence-electron chi connectivity index (χ4n) is 4.25. The van der Waals surface area contributed by atoms with E-state index in [9.17, 15) is 15.0 Å². The number of hydrogen-bond donors (Lipinski definition) is 5. The molecule has 0 radical (unpaired) electrons. The van der Waals surface area contributed by atoms with Gasteiger partial charge in [-0.3, -0.25) is 20.0 Å². The van der Waals surface area contributed by atoms with Crippen LogP contribution in [-0.4, -0.2) is 67.2 Å².